The topological polar surface area (TPSA) is 116 Å². The highest BCUT2D eigenvalue weighted by atomic mass is 79.9. The van der Waals surface area contributed by atoms with Crippen LogP contribution in [0.25, 0.3) is 0 Å². The van der Waals surface area contributed by atoms with Crippen molar-refractivity contribution in [2.75, 3.05) is 7.11 Å². The molecule has 1 unspecified atom stereocenters. The minimum Gasteiger partial charge on any atom is -0.469 e. The normalized spacial score (nSPS) is 12.6. The molecule has 1 heterocycles. The van der Waals surface area contributed by atoms with Crippen LogP contribution in [0.5, 0.6) is 0 Å². The van der Waals surface area contributed by atoms with Gasteiger partial charge in [-0.2, -0.15) is 0 Å². The highest BCUT2D eigenvalue weighted by Crippen LogP contribution is 2.23. The van der Waals surface area contributed by atoms with E-state index in [0.717, 1.165) is 10.8 Å². The fourth-order valence-corrected chi connectivity index (χ4v) is 4.21. The second-order valence-corrected chi connectivity index (χ2v) is 8.36. The lowest BCUT2D eigenvalue weighted by atomic mass is 10.1. The van der Waals surface area contributed by atoms with Gasteiger partial charge in [-0.25, -0.2) is 17.9 Å². The number of esters is 1. The van der Waals surface area contributed by atoms with Crippen molar-refractivity contribution in [2.24, 2.45) is 14.1 Å². The van der Waals surface area contributed by atoms with E-state index in [1.165, 1.54) is 21.2 Å². The van der Waals surface area contributed by atoms with Gasteiger partial charge in [-0.05, 0) is 17.7 Å². The van der Waals surface area contributed by atoms with Gasteiger partial charge in [0.1, 0.15) is 0 Å². The quantitative estimate of drug-likeness (QED) is 0.625. The van der Waals surface area contributed by atoms with E-state index in [4.69, 9.17) is 0 Å². The first kappa shape index (κ1) is 21.1. The van der Waals surface area contributed by atoms with Crippen molar-refractivity contribution in [3.05, 3.63) is 61.3 Å². The van der Waals surface area contributed by atoms with E-state index in [1.807, 2.05) is 0 Å². The summed E-state index contributed by atoms with van der Waals surface area (Å²) < 4.78 is 35.0. The Bertz CT molecular complexity index is 1090. The summed E-state index contributed by atoms with van der Waals surface area (Å²) in [6, 6.07) is 5.75. The van der Waals surface area contributed by atoms with Crippen molar-refractivity contribution in [3.63, 3.8) is 0 Å². The number of carbonyl (C=O) groups is 1. The summed E-state index contributed by atoms with van der Waals surface area (Å²) in [7, 11) is -0.622. The molecule has 0 amide bonds. The van der Waals surface area contributed by atoms with Crippen LogP contribution >= 0.6 is 15.9 Å². The summed E-state index contributed by atoms with van der Waals surface area (Å²) in [4.78, 5) is 35.2. The molecule has 0 saturated carbocycles. The molecule has 27 heavy (non-hydrogen) atoms. The Morgan fingerprint density at radius 1 is 1.30 bits per heavy atom. The van der Waals surface area contributed by atoms with Crippen LogP contribution in [0.15, 0.2) is 49.4 Å². The summed E-state index contributed by atoms with van der Waals surface area (Å²) in [5.41, 5.74) is -1.12. The molecule has 0 saturated heterocycles. The Morgan fingerprint density at radius 3 is 2.56 bits per heavy atom. The highest BCUT2D eigenvalue weighted by Gasteiger charge is 2.27. The van der Waals surface area contributed by atoms with Crippen LogP contribution in [-0.4, -0.2) is 30.6 Å². The molecule has 0 radical (unpaired) electrons. The van der Waals surface area contributed by atoms with Gasteiger partial charge in [0.05, 0.1) is 19.6 Å². The van der Waals surface area contributed by atoms with Gasteiger partial charge in [-0.1, -0.05) is 28.1 Å². The zero-order valence-corrected chi connectivity index (χ0v) is 17.2. The van der Waals surface area contributed by atoms with Crippen molar-refractivity contribution in [2.45, 2.75) is 17.4 Å². The smallest absolute Gasteiger partial charge is 0.330 e. The maximum atomic E-state index is 12.8. The van der Waals surface area contributed by atoms with Crippen LogP contribution in [0.1, 0.15) is 18.0 Å². The average Bonchev–Trinajstić information content (AvgIpc) is 2.61. The number of benzene rings is 1. The molecule has 1 aromatic carbocycles. The van der Waals surface area contributed by atoms with Gasteiger partial charge in [-0.15, -0.1) is 0 Å². The number of hydrogen-bond acceptors (Lipinski definition) is 6. The van der Waals surface area contributed by atoms with Crippen molar-refractivity contribution in [1.29, 1.82) is 0 Å². The van der Waals surface area contributed by atoms with Crippen LogP contribution in [0.3, 0.4) is 0 Å². The van der Waals surface area contributed by atoms with Gasteiger partial charge >= 0.3 is 11.7 Å². The molecule has 146 valence electrons. The number of aromatic nitrogens is 2. The minimum absolute atomic E-state index is 0.280. The fraction of sp³-hybridized carbons (Fsp3) is 0.312. The van der Waals surface area contributed by atoms with E-state index >= 15 is 0 Å². The number of methoxy groups -OCH3 is 1. The molecule has 11 heteroatoms. The van der Waals surface area contributed by atoms with Gasteiger partial charge < -0.3 is 9.30 Å². The van der Waals surface area contributed by atoms with Crippen molar-refractivity contribution in [1.82, 2.24) is 13.9 Å². The minimum atomic E-state index is -4.33. The molecular formula is C16H18BrN3O6S. The van der Waals surface area contributed by atoms with Crippen LogP contribution in [0.4, 0.5) is 0 Å². The van der Waals surface area contributed by atoms with Gasteiger partial charge in [0.15, 0.2) is 4.90 Å². The van der Waals surface area contributed by atoms with Crippen LogP contribution in [-0.2, 0) is 33.7 Å². The largest absolute Gasteiger partial charge is 0.469 e. The number of rotatable bonds is 6. The molecule has 2 aromatic rings. The standard InChI is InChI=1S/C16H18BrN3O6S/c1-19-9-13(15(22)20(2)16(19)23)27(24,25)18-12(8-14(21)26-3)10-5-4-6-11(17)7-10/h4-7,9,12,18H,8H2,1-3H3. The summed E-state index contributed by atoms with van der Waals surface area (Å²) in [5, 5.41) is 0. The number of nitrogens with one attached hydrogen (secondary N) is 1. The van der Waals surface area contributed by atoms with Crippen LogP contribution < -0.4 is 16.0 Å². The third-order valence-corrected chi connectivity index (χ3v) is 5.80. The predicted molar refractivity (Wildman–Crippen MR) is 101 cm³/mol. The zero-order valence-electron chi connectivity index (χ0n) is 14.8. The van der Waals surface area contributed by atoms with Gasteiger partial charge in [0.25, 0.3) is 5.56 Å². The molecule has 0 spiro atoms. The van der Waals surface area contributed by atoms with Gasteiger partial charge in [0, 0.05) is 24.8 Å². The third kappa shape index (κ3) is 4.73. The Morgan fingerprint density at radius 2 is 1.96 bits per heavy atom. The van der Waals surface area contributed by atoms with E-state index in [1.54, 1.807) is 24.3 Å². The monoisotopic (exact) mass is 459 g/mol. The van der Waals surface area contributed by atoms with E-state index in [-0.39, 0.29) is 6.42 Å². The molecule has 1 N–H and O–H groups in total. The van der Waals surface area contributed by atoms with Crippen molar-refractivity contribution < 1.29 is 17.9 Å². The number of nitrogens with zero attached hydrogens (tertiary/aromatic N) is 2. The maximum absolute atomic E-state index is 12.8. The summed E-state index contributed by atoms with van der Waals surface area (Å²) in [5.74, 6) is -0.629. The average molecular weight is 460 g/mol. The SMILES string of the molecule is COC(=O)CC(NS(=O)(=O)c1cn(C)c(=O)n(C)c1=O)c1cccc(Br)c1. The molecule has 0 aliphatic heterocycles. The molecule has 0 aliphatic rings. The zero-order chi connectivity index (χ0) is 20.4. The fourth-order valence-electron chi connectivity index (χ4n) is 2.41. The second-order valence-electron chi connectivity index (χ2n) is 5.76. The number of ether oxygens (including phenoxy) is 1. The van der Waals surface area contributed by atoms with E-state index in [9.17, 15) is 22.8 Å². The second kappa shape index (κ2) is 8.19. The lowest BCUT2D eigenvalue weighted by Gasteiger charge is -2.19. The third-order valence-electron chi connectivity index (χ3n) is 3.85. The van der Waals surface area contributed by atoms with Crippen LogP contribution in [0.2, 0.25) is 0 Å². The summed E-state index contributed by atoms with van der Waals surface area (Å²) in [6.07, 6.45) is 0.668. The Labute approximate surface area is 163 Å². The molecule has 9 nitrogen and oxygen atoms in total. The molecule has 0 fully saturated rings. The molecule has 1 atom stereocenters. The lowest BCUT2D eigenvalue weighted by molar-refractivity contribution is -0.141. The number of aryl methyl sites for hydroxylation is 1. The van der Waals surface area contributed by atoms with Gasteiger partial charge in [-0.3, -0.25) is 14.2 Å². The number of hydrogen-bond donors (Lipinski definition) is 1. The summed E-state index contributed by atoms with van der Waals surface area (Å²) in [6.45, 7) is 0. The summed E-state index contributed by atoms with van der Waals surface area (Å²) >= 11 is 3.29. The van der Waals surface area contributed by atoms with Gasteiger partial charge in [0.2, 0.25) is 10.0 Å². The first-order chi connectivity index (χ1) is 12.6. The molecule has 0 aliphatic carbocycles. The first-order valence-electron chi connectivity index (χ1n) is 7.68. The van der Waals surface area contributed by atoms with Crippen molar-refractivity contribution >= 4 is 31.9 Å². The first-order valence-corrected chi connectivity index (χ1v) is 9.95. The number of sulfonamides is 1. The van der Waals surface area contributed by atoms with E-state index in [0.29, 0.717) is 14.6 Å². The van der Waals surface area contributed by atoms with E-state index < -0.39 is 38.2 Å². The lowest BCUT2D eigenvalue weighted by Crippen LogP contribution is -2.42. The van der Waals surface area contributed by atoms with Crippen molar-refractivity contribution in [3.8, 4) is 0 Å². The molecular weight excluding hydrogens is 442 g/mol. The maximum Gasteiger partial charge on any atom is 0.330 e. The highest BCUT2D eigenvalue weighted by molar-refractivity contribution is 9.10. The van der Waals surface area contributed by atoms with Crippen LogP contribution in [0, 0.1) is 0 Å². The van der Waals surface area contributed by atoms with E-state index in [2.05, 4.69) is 25.4 Å². The number of halogens is 1. The Balaban J connectivity index is 2.52. The molecule has 0 bridgehead atoms. The number of carbonyl (C=O) groups excluding carboxylic acids is 1. The Hall–Kier alpha value is -2.24. The predicted octanol–water partition coefficient (Wildman–Crippen LogP) is 0.429. The molecule has 1 aromatic heterocycles. The Kier molecular flexibility index (Phi) is 6.39. The molecule has 2 rings (SSSR count).